The van der Waals surface area contributed by atoms with E-state index in [1.807, 2.05) is 0 Å². The van der Waals surface area contributed by atoms with Crippen LogP contribution in [0.2, 0.25) is 0 Å². The van der Waals surface area contributed by atoms with Gasteiger partial charge in [-0.05, 0) is 18.8 Å². The Balaban J connectivity index is 1.77. The van der Waals surface area contributed by atoms with E-state index in [-0.39, 0.29) is 5.91 Å². The van der Waals surface area contributed by atoms with Crippen molar-refractivity contribution in [3.8, 4) is 0 Å². The summed E-state index contributed by atoms with van der Waals surface area (Å²) in [7, 11) is 0. The van der Waals surface area contributed by atoms with E-state index in [1.54, 1.807) is 0 Å². The molecule has 1 aromatic heterocycles. The molecule has 0 aromatic carbocycles. The Morgan fingerprint density at radius 1 is 1.38 bits per heavy atom. The smallest absolute Gasteiger partial charge is 0.226 e. The molecule has 1 saturated carbocycles. The van der Waals surface area contributed by atoms with E-state index in [0.717, 1.165) is 0 Å². The quantitative estimate of drug-likeness (QED) is 0.769. The second-order valence-electron chi connectivity index (χ2n) is 4.44. The Bertz CT molecular complexity index is 315. The highest BCUT2D eigenvalue weighted by Gasteiger charge is 2.16. The maximum atomic E-state index is 11.7. The third kappa shape index (κ3) is 3.32. The molecule has 88 valence electrons. The lowest BCUT2D eigenvalue weighted by Gasteiger charge is -2.12. The summed E-state index contributed by atoms with van der Waals surface area (Å²) in [5, 5.41) is 9.03. The number of nitrogens with zero attached hydrogens (tertiary/aromatic N) is 2. The summed E-state index contributed by atoms with van der Waals surface area (Å²) in [6.45, 7) is 0. The van der Waals surface area contributed by atoms with Crippen molar-refractivity contribution in [3.05, 3.63) is 6.33 Å². The molecule has 0 unspecified atom stereocenters. The molecule has 2 N–H and O–H groups in total. The fourth-order valence-corrected chi connectivity index (χ4v) is 2.28. The molecular formula is C11H18N4O. The van der Waals surface area contributed by atoms with E-state index in [9.17, 15) is 4.79 Å². The number of hydrogen-bond donors (Lipinski definition) is 2. The molecular weight excluding hydrogens is 204 g/mol. The van der Waals surface area contributed by atoms with Crippen LogP contribution < -0.4 is 5.32 Å². The topological polar surface area (TPSA) is 70.7 Å². The minimum absolute atomic E-state index is 0.0450. The van der Waals surface area contributed by atoms with Crippen LogP contribution in [0.4, 0.5) is 5.95 Å². The lowest BCUT2D eigenvalue weighted by Crippen LogP contribution is -2.17. The van der Waals surface area contributed by atoms with Crippen molar-refractivity contribution >= 4 is 11.9 Å². The van der Waals surface area contributed by atoms with Gasteiger partial charge in [0, 0.05) is 6.42 Å². The predicted octanol–water partition coefficient (Wildman–Crippen LogP) is 2.10. The third-order valence-corrected chi connectivity index (χ3v) is 3.12. The number of amides is 1. The largest absolute Gasteiger partial charge is 0.295 e. The zero-order valence-corrected chi connectivity index (χ0v) is 9.41. The summed E-state index contributed by atoms with van der Waals surface area (Å²) >= 11 is 0. The molecule has 1 aliphatic rings. The first-order valence-electron chi connectivity index (χ1n) is 6.00. The van der Waals surface area contributed by atoms with Crippen molar-refractivity contribution in [2.75, 3.05) is 5.32 Å². The number of anilines is 1. The maximum absolute atomic E-state index is 11.7. The van der Waals surface area contributed by atoms with Crippen LogP contribution >= 0.6 is 0 Å². The number of rotatable bonds is 3. The number of carbonyl (C=O) groups is 1. The van der Waals surface area contributed by atoms with Crippen LogP contribution in [0.5, 0.6) is 0 Å². The fourth-order valence-electron chi connectivity index (χ4n) is 2.28. The Labute approximate surface area is 95.0 Å². The Kier molecular flexibility index (Phi) is 3.91. The van der Waals surface area contributed by atoms with Gasteiger partial charge in [0.1, 0.15) is 6.33 Å². The molecule has 1 amide bonds. The Morgan fingerprint density at radius 2 is 2.12 bits per heavy atom. The van der Waals surface area contributed by atoms with Crippen molar-refractivity contribution in [2.24, 2.45) is 5.92 Å². The van der Waals surface area contributed by atoms with E-state index in [1.165, 1.54) is 44.9 Å². The van der Waals surface area contributed by atoms with Gasteiger partial charge in [0.15, 0.2) is 0 Å². The number of H-pyrrole nitrogens is 1. The molecule has 1 heterocycles. The van der Waals surface area contributed by atoms with Gasteiger partial charge in [0.25, 0.3) is 0 Å². The summed E-state index contributed by atoms with van der Waals surface area (Å²) in [6.07, 6.45) is 9.54. The van der Waals surface area contributed by atoms with Gasteiger partial charge in [-0.1, -0.05) is 25.7 Å². The van der Waals surface area contributed by atoms with Crippen molar-refractivity contribution in [2.45, 2.75) is 44.9 Å². The van der Waals surface area contributed by atoms with Crippen molar-refractivity contribution < 1.29 is 4.79 Å². The first-order valence-corrected chi connectivity index (χ1v) is 6.00. The molecule has 16 heavy (non-hydrogen) atoms. The van der Waals surface area contributed by atoms with Gasteiger partial charge >= 0.3 is 0 Å². The lowest BCUT2D eigenvalue weighted by molar-refractivity contribution is -0.117. The van der Waals surface area contributed by atoms with Crippen molar-refractivity contribution in [1.82, 2.24) is 15.2 Å². The summed E-state index contributed by atoms with van der Waals surface area (Å²) in [6, 6.07) is 0. The maximum Gasteiger partial charge on any atom is 0.226 e. The molecule has 1 aromatic rings. The highest BCUT2D eigenvalue weighted by Crippen LogP contribution is 2.25. The van der Waals surface area contributed by atoms with Crippen LogP contribution in [0, 0.1) is 5.92 Å². The first kappa shape index (κ1) is 11.1. The monoisotopic (exact) mass is 222 g/mol. The van der Waals surface area contributed by atoms with Crippen LogP contribution in [-0.4, -0.2) is 21.1 Å². The molecule has 1 aliphatic carbocycles. The number of hydrogen-bond acceptors (Lipinski definition) is 3. The highest BCUT2D eigenvalue weighted by atomic mass is 16.1. The van der Waals surface area contributed by atoms with Gasteiger partial charge < -0.3 is 0 Å². The molecule has 5 heteroatoms. The van der Waals surface area contributed by atoms with Crippen molar-refractivity contribution in [3.63, 3.8) is 0 Å². The molecule has 2 rings (SSSR count). The average Bonchev–Trinajstić information content (AvgIpc) is 2.62. The van der Waals surface area contributed by atoms with Gasteiger partial charge in [-0.3, -0.25) is 10.1 Å². The molecule has 0 spiro atoms. The SMILES string of the molecule is O=C(CC1CCCCCC1)Nc1ncn[nH]1. The number of aromatic nitrogens is 3. The average molecular weight is 222 g/mol. The van der Waals surface area contributed by atoms with E-state index in [4.69, 9.17) is 0 Å². The molecule has 0 aliphatic heterocycles. The van der Waals surface area contributed by atoms with Crippen LogP contribution in [0.1, 0.15) is 44.9 Å². The molecule has 0 atom stereocenters. The van der Waals surface area contributed by atoms with E-state index in [2.05, 4.69) is 20.5 Å². The van der Waals surface area contributed by atoms with Crippen LogP contribution in [-0.2, 0) is 4.79 Å². The molecule has 1 fully saturated rings. The predicted molar refractivity (Wildman–Crippen MR) is 60.8 cm³/mol. The molecule has 0 radical (unpaired) electrons. The lowest BCUT2D eigenvalue weighted by atomic mass is 9.96. The minimum Gasteiger partial charge on any atom is -0.295 e. The number of aromatic amines is 1. The fraction of sp³-hybridized carbons (Fsp3) is 0.727. The second-order valence-corrected chi connectivity index (χ2v) is 4.44. The molecule has 5 nitrogen and oxygen atoms in total. The van der Waals surface area contributed by atoms with Crippen LogP contribution in [0.25, 0.3) is 0 Å². The van der Waals surface area contributed by atoms with E-state index < -0.39 is 0 Å². The molecule has 0 saturated heterocycles. The van der Waals surface area contributed by atoms with E-state index >= 15 is 0 Å². The number of nitrogens with one attached hydrogen (secondary N) is 2. The first-order chi connectivity index (χ1) is 7.84. The normalized spacial score (nSPS) is 18.0. The summed E-state index contributed by atoms with van der Waals surface area (Å²) in [4.78, 5) is 15.6. The zero-order chi connectivity index (χ0) is 11.2. The summed E-state index contributed by atoms with van der Waals surface area (Å²) in [5.41, 5.74) is 0. The molecule has 0 bridgehead atoms. The zero-order valence-electron chi connectivity index (χ0n) is 9.41. The van der Waals surface area contributed by atoms with Gasteiger partial charge in [0.2, 0.25) is 11.9 Å². The van der Waals surface area contributed by atoms with Gasteiger partial charge in [-0.2, -0.15) is 10.1 Å². The van der Waals surface area contributed by atoms with Gasteiger partial charge in [0.05, 0.1) is 0 Å². The Hall–Kier alpha value is -1.39. The van der Waals surface area contributed by atoms with Gasteiger partial charge in [-0.25, -0.2) is 5.10 Å². The highest BCUT2D eigenvalue weighted by molar-refractivity contribution is 5.88. The van der Waals surface area contributed by atoms with Crippen molar-refractivity contribution in [1.29, 1.82) is 0 Å². The summed E-state index contributed by atoms with van der Waals surface area (Å²) in [5.74, 6) is 1.03. The number of carbonyl (C=O) groups excluding carboxylic acids is 1. The Morgan fingerprint density at radius 3 is 2.75 bits per heavy atom. The summed E-state index contributed by atoms with van der Waals surface area (Å²) < 4.78 is 0. The van der Waals surface area contributed by atoms with Crippen LogP contribution in [0.15, 0.2) is 6.33 Å². The standard InChI is InChI=1S/C11H18N4O/c16-10(14-11-12-8-13-15-11)7-9-5-3-1-2-4-6-9/h8-9H,1-7H2,(H2,12,13,14,15,16). The second kappa shape index (κ2) is 5.63. The van der Waals surface area contributed by atoms with Crippen LogP contribution in [0.3, 0.4) is 0 Å². The third-order valence-electron chi connectivity index (χ3n) is 3.12. The minimum atomic E-state index is 0.0450. The van der Waals surface area contributed by atoms with E-state index in [0.29, 0.717) is 18.3 Å². The van der Waals surface area contributed by atoms with Gasteiger partial charge in [-0.15, -0.1) is 0 Å².